The second kappa shape index (κ2) is 15.6. The molecule has 0 aliphatic rings. The number of carbonyl (C=O) groups is 1. The maximum absolute atomic E-state index is 13.2. The van der Waals surface area contributed by atoms with Crippen LogP contribution in [0.25, 0.3) is 5.69 Å². The van der Waals surface area contributed by atoms with E-state index in [1.54, 1.807) is 31.5 Å². The molecule has 3 rings (SSSR count). The van der Waals surface area contributed by atoms with Gasteiger partial charge in [-0.25, -0.2) is 15.2 Å². The molecule has 0 atom stereocenters. The quantitative estimate of drug-likeness (QED) is 0.220. The van der Waals surface area contributed by atoms with Crippen LogP contribution in [0.3, 0.4) is 0 Å². The van der Waals surface area contributed by atoms with Crippen LogP contribution < -0.4 is 21.1 Å². The van der Waals surface area contributed by atoms with Crippen LogP contribution in [0.1, 0.15) is 44.1 Å². The van der Waals surface area contributed by atoms with Gasteiger partial charge in [-0.05, 0) is 31.9 Å². The average molecular weight is 554 g/mol. The van der Waals surface area contributed by atoms with Crippen LogP contribution >= 0.6 is 23.2 Å². The topological polar surface area (TPSA) is 124 Å². The molecule has 0 saturated carbocycles. The molecule has 0 amide bonds. The number of hydrogen-bond donors (Lipinski definition) is 2. The Hall–Kier alpha value is -3.47. The minimum Gasteiger partial charge on any atom is -0.485 e. The number of carboxylic acid groups (broad SMARTS) is 1. The Morgan fingerprint density at radius 2 is 1.84 bits per heavy atom. The van der Waals surface area contributed by atoms with Gasteiger partial charge < -0.3 is 9.84 Å². The zero-order valence-corrected chi connectivity index (χ0v) is 22.7. The fraction of sp³-hybridized carbons (Fsp3) is 0.280. The highest BCUT2D eigenvalue weighted by Gasteiger charge is 2.17. The molecule has 37 heavy (non-hydrogen) atoms. The number of ether oxygens (including phenoxy) is 1. The van der Waals surface area contributed by atoms with E-state index in [9.17, 15) is 9.18 Å². The summed E-state index contributed by atoms with van der Waals surface area (Å²) in [7, 11) is 0. The molecule has 0 spiro atoms. The largest absolute Gasteiger partial charge is 0.485 e. The van der Waals surface area contributed by atoms with E-state index in [0.29, 0.717) is 22.9 Å². The van der Waals surface area contributed by atoms with Gasteiger partial charge in [0.15, 0.2) is 0 Å². The van der Waals surface area contributed by atoms with Crippen LogP contribution in [0.15, 0.2) is 47.7 Å². The van der Waals surface area contributed by atoms with E-state index in [2.05, 4.69) is 9.97 Å². The lowest BCUT2D eigenvalue weighted by Gasteiger charge is -2.18. The second-order valence-electron chi connectivity index (χ2n) is 7.11. The van der Waals surface area contributed by atoms with E-state index < -0.39 is 11.4 Å². The highest BCUT2D eigenvalue weighted by atomic mass is 35.5. The van der Waals surface area contributed by atoms with Crippen LogP contribution in [0.2, 0.25) is 10.0 Å². The van der Waals surface area contributed by atoms with Crippen molar-refractivity contribution in [3.63, 3.8) is 0 Å². The molecular formula is C25H30Cl2FN5O4. The Morgan fingerprint density at radius 1 is 1.19 bits per heavy atom. The van der Waals surface area contributed by atoms with Gasteiger partial charge in [0.05, 0.1) is 22.6 Å². The zero-order valence-electron chi connectivity index (χ0n) is 21.2. The van der Waals surface area contributed by atoms with Crippen LogP contribution in [0, 0.1) is 19.7 Å². The molecule has 3 heterocycles. The summed E-state index contributed by atoms with van der Waals surface area (Å²) < 4.78 is 20.3. The number of anilines is 1. The van der Waals surface area contributed by atoms with Crippen molar-refractivity contribution in [1.29, 1.82) is 0 Å². The van der Waals surface area contributed by atoms with E-state index in [1.807, 2.05) is 33.8 Å². The van der Waals surface area contributed by atoms with Crippen molar-refractivity contribution < 1.29 is 19.0 Å². The fourth-order valence-corrected chi connectivity index (χ4v) is 3.36. The second-order valence-corrected chi connectivity index (χ2v) is 7.90. The third-order valence-electron chi connectivity index (χ3n) is 4.62. The number of halogens is 3. The first-order valence-corrected chi connectivity index (χ1v) is 12.0. The molecule has 9 nitrogen and oxygen atoms in total. The molecule has 0 aliphatic heterocycles. The van der Waals surface area contributed by atoms with Crippen LogP contribution in [-0.2, 0) is 11.4 Å². The third-order valence-corrected chi connectivity index (χ3v) is 5.29. The molecule has 0 saturated heterocycles. The van der Waals surface area contributed by atoms with Crippen molar-refractivity contribution in [3.8, 4) is 11.4 Å². The van der Waals surface area contributed by atoms with Crippen LogP contribution in [0.5, 0.6) is 5.75 Å². The number of hydrogen-bond acceptors (Lipinski definition) is 7. The Kier molecular flexibility index (Phi) is 13.3. The highest BCUT2D eigenvalue weighted by Crippen LogP contribution is 2.27. The predicted molar refractivity (Wildman–Crippen MR) is 144 cm³/mol. The standard InChI is InChI=1S/C22H22Cl2FN5O2.C2H6.CH2O2/c1-4-5-6-29(26)20-9-18(13(2)10-28-20)30-14(3)7-19(21(24)22(30)31)32-12-17-16(23)8-15(25)11-27-17;1-2;2-1-3/h5-11H,4,12,26H2,1-3H3;1-2H3;1H,(H,2,3)/b6-5-;;. The maximum Gasteiger partial charge on any atom is 0.290 e. The van der Waals surface area contributed by atoms with E-state index in [-0.39, 0.29) is 28.9 Å². The summed E-state index contributed by atoms with van der Waals surface area (Å²) in [5.74, 6) is 6.12. The van der Waals surface area contributed by atoms with Gasteiger partial charge in [0, 0.05) is 30.2 Å². The molecule has 0 aliphatic carbocycles. The molecule has 0 radical (unpaired) electrons. The lowest BCUT2D eigenvalue weighted by Crippen LogP contribution is -2.27. The summed E-state index contributed by atoms with van der Waals surface area (Å²) in [4.78, 5) is 29.7. The highest BCUT2D eigenvalue weighted by molar-refractivity contribution is 6.32. The molecule has 3 aromatic rings. The van der Waals surface area contributed by atoms with E-state index in [1.165, 1.54) is 9.58 Å². The zero-order chi connectivity index (χ0) is 28.1. The lowest BCUT2D eigenvalue weighted by molar-refractivity contribution is -0.122. The summed E-state index contributed by atoms with van der Waals surface area (Å²) in [6.45, 7) is 9.25. The molecule has 0 unspecified atom stereocenters. The molecule has 0 fully saturated rings. The minimum absolute atomic E-state index is 0.0773. The van der Waals surface area contributed by atoms with Crippen LogP contribution in [-0.4, -0.2) is 26.1 Å². The van der Waals surface area contributed by atoms with Crippen molar-refractivity contribution >= 4 is 35.5 Å². The number of nitrogens with two attached hydrogens (primary N) is 1. The molecule has 12 heteroatoms. The van der Waals surface area contributed by atoms with Gasteiger partial charge in [0.2, 0.25) is 0 Å². The number of hydrazine groups is 1. The Bertz CT molecular complexity index is 1280. The van der Waals surface area contributed by atoms with Crippen LogP contribution in [0.4, 0.5) is 10.2 Å². The number of nitrogens with zero attached hydrogens (tertiary/aromatic N) is 4. The van der Waals surface area contributed by atoms with Crippen molar-refractivity contribution in [3.05, 3.63) is 86.0 Å². The maximum atomic E-state index is 13.2. The smallest absolute Gasteiger partial charge is 0.290 e. The summed E-state index contributed by atoms with van der Waals surface area (Å²) in [5.41, 5.74) is 1.80. The normalized spacial score (nSPS) is 10.2. The molecule has 200 valence electrons. The van der Waals surface area contributed by atoms with E-state index >= 15 is 0 Å². The van der Waals surface area contributed by atoms with E-state index in [0.717, 1.165) is 24.2 Å². The summed E-state index contributed by atoms with van der Waals surface area (Å²) in [6.07, 6.45) is 7.09. The van der Waals surface area contributed by atoms with E-state index in [4.69, 9.17) is 43.7 Å². The SMILES string of the molecule is CC.CC/C=C\N(N)c1cc(-n2c(C)cc(OCc3ncc(F)cc3Cl)c(Cl)c2=O)c(C)cn1.O=CO. The summed E-state index contributed by atoms with van der Waals surface area (Å²) >= 11 is 12.3. The first kappa shape index (κ1) is 31.6. The molecular weight excluding hydrogens is 524 g/mol. The van der Waals surface area contributed by atoms with Gasteiger partial charge >= 0.3 is 0 Å². The van der Waals surface area contributed by atoms with Gasteiger partial charge in [0.1, 0.15) is 29.0 Å². The number of allylic oxidation sites excluding steroid dienone is 1. The number of aromatic nitrogens is 3. The monoisotopic (exact) mass is 553 g/mol. The Balaban J connectivity index is 0.00000127. The number of pyridine rings is 3. The minimum atomic E-state index is -0.552. The van der Waals surface area contributed by atoms with Crippen molar-refractivity contribution in [2.75, 3.05) is 5.01 Å². The van der Waals surface area contributed by atoms with Gasteiger partial charge in [-0.3, -0.25) is 24.1 Å². The van der Waals surface area contributed by atoms with Gasteiger partial charge in [-0.15, -0.1) is 0 Å². The third kappa shape index (κ3) is 8.56. The summed E-state index contributed by atoms with van der Waals surface area (Å²) in [5, 5.41) is 8.28. The Morgan fingerprint density at radius 3 is 2.43 bits per heavy atom. The molecule has 3 aromatic heterocycles. The average Bonchev–Trinajstić information content (AvgIpc) is 2.87. The van der Waals surface area contributed by atoms with Gasteiger partial charge in [-0.2, -0.15) is 0 Å². The summed E-state index contributed by atoms with van der Waals surface area (Å²) in [6, 6.07) is 4.49. The fourth-order valence-electron chi connectivity index (χ4n) is 2.96. The first-order valence-electron chi connectivity index (χ1n) is 11.2. The first-order chi connectivity index (χ1) is 17.6. The molecule has 0 aromatic carbocycles. The Labute approximate surface area is 224 Å². The molecule has 0 bridgehead atoms. The number of rotatable bonds is 7. The van der Waals surface area contributed by atoms with Gasteiger partial charge in [0.25, 0.3) is 12.0 Å². The van der Waals surface area contributed by atoms with Crippen molar-refractivity contribution in [2.45, 2.75) is 47.6 Å². The van der Waals surface area contributed by atoms with Gasteiger partial charge in [-0.1, -0.05) is 50.0 Å². The van der Waals surface area contributed by atoms with Crippen molar-refractivity contribution in [2.24, 2.45) is 5.84 Å². The molecule has 3 N–H and O–H groups in total. The number of aryl methyl sites for hydroxylation is 2. The lowest BCUT2D eigenvalue weighted by atomic mass is 10.2. The van der Waals surface area contributed by atoms with Crippen molar-refractivity contribution in [1.82, 2.24) is 14.5 Å². The predicted octanol–water partition coefficient (Wildman–Crippen LogP) is 5.60.